The molecule has 2 aromatic rings. The maximum Gasteiger partial charge on any atom is 0.330 e. The molecule has 0 unspecified atom stereocenters. The quantitative estimate of drug-likeness (QED) is 0.596. The highest BCUT2D eigenvalue weighted by Gasteiger charge is 2.10. The van der Waals surface area contributed by atoms with Gasteiger partial charge in [0.1, 0.15) is 17.3 Å². The molecule has 0 N–H and O–H groups in total. The van der Waals surface area contributed by atoms with E-state index in [0.717, 1.165) is 10.0 Å². The van der Waals surface area contributed by atoms with Crippen LogP contribution in [0.4, 0.5) is 0 Å². The first-order valence-electron chi connectivity index (χ1n) is 6.42. The first-order valence-corrected chi connectivity index (χ1v) is 7.22. The summed E-state index contributed by atoms with van der Waals surface area (Å²) in [5.74, 6) is 1.56. The van der Waals surface area contributed by atoms with Gasteiger partial charge < -0.3 is 13.9 Å². The summed E-state index contributed by atoms with van der Waals surface area (Å²) < 4.78 is 16.8. The molecule has 4 nitrogen and oxygen atoms in total. The van der Waals surface area contributed by atoms with Crippen molar-refractivity contribution in [1.82, 2.24) is 0 Å². The maximum atomic E-state index is 11.3. The average molecular weight is 351 g/mol. The Labute approximate surface area is 131 Å². The number of methoxy groups -OCH3 is 1. The smallest absolute Gasteiger partial charge is 0.330 e. The monoisotopic (exact) mass is 350 g/mol. The van der Waals surface area contributed by atoms with Crippen LogP contribution in [-0.4, -0.2) is 19.7 Å². The molecule has 0 atom stereocenters. The maximum absolute atomic E-state index is 11.3. The molecule has 21 heavy (non-hydrogen) atoms. The van der Waals surface area contributed by atoms with Gasteiger partial charge in [-0.15, -0.1) is 0 Å². The van der Waals surface area contributed by atoms with Gasteiger partial charge in [0.05, 0.1) is 19.3 Å². The van der Waals surface area contributed by atoms with Crippen molar-refractivity contribution in [3.8, 4) is 17.1 Å². The van der Waals surface area contributed by atoms with Crippen molar-refractivity contribution in [3.63, 3.8) is 0 Å². The van der Waals surface area contributed by atoms with Crippen molar-refractivity contribution in [2.45, 2.75) is 6.92 Å². The number of furan rings is 1. The van der Waals surface area contributed by atoms with E-state index in [9.17, 15) is 4.79 Å². The summed E-state index contributed by atoms with van der Waals surface area (Å²) >= 11 is 3.40. The molecule has 0 aliphatic rings. The number of hydrogen-bond donors (Lipinski definition) is 0. The Hall–Kier alpha value is -2.01. The summed E-state index contributed by atoms with van der Waals surface area (Å²) in [5, 5.41) is 0. The Kier molecular flexibility index (Phi) is 5.22. The zero-order chi connectivity index (χ0) is 15.2. The SMILES string of the molecule is CCOC(=O)/C=C/c1ccc(-c2ccc(Br)cc2OC)o1. The van der Waals surface area contributed by atoms with Gasteiger partial charge in [-0.05, 0) is 43.3 Å². The Morgan fingerprint density at radius 2 is 2.14 bits per heavy atom. The van der Waals surface area contributed by atoms with E-state index in [4.69, 9.17) is 13.9 Å². The summed E-state index contributed by atoms with van der Waals surface area (Å²) in [6.45, 7) is 2.11. The standard InChI is InChI=1S/C16H15BrO4/c1-3-20-16(18)9-6-12-5-8-14(21-12)13-7-4-11(17)10-15(13)19-2/h4-10H,3H2,1-2H3/b9-6+. The molecule has 0 amide bonds. The van der Waals surface area contributed by atoms with Crippen LogP contribution in [0.1, 0.15) is 12.7 Å². The molecular weight excluding hydrogens is 336 g/mol. The second kappa shape index (κ2) is 7.13. The van der Waals surface area contributed by atoms with E-state index in [1.807, 2.05) is 24.3 Å². The van der Waals surface area contributed by atoms with Crippen molar-refractivity contribution in [1.29, 1.82) is 0 Å². The van der Waals surface area contributed by atoms with Crippen LogP contribution in [0.15, 0.2) is 45.3 Å². The molecule has 0 bridgehead atoms. The Balaban J connectivity index is 2.22. The number of carbonyl (C=O) groups excluding carboxylic acids is 1. The molecule has 0 saturated heterocycles. The molecule has 1 aromatic heterocycles. The predicted molar refractivity (Wildman–Crippen MR) is 84.1 cm³/mol. The van der Waals surface area contributed by atoms with Crippen molar-refractivity contribution < 1.29 is 18.7 Å². The summed E-state index contributed by atoms with van der Waals surface area (Å²) in [5.41, 5.74) is 0.844. The van der Waals surface area contributed by atoms with Crippen molar-refractivity contribution in [2.75, 3.05) is 13.7 Å². The van der Waals surface area contributed by atoms with Crippen molar-refractivity contribution in [3.05, 3.63) is 46.6 Å². The number of halogens is 1. The molecule has 5 heteroatoms. The lowest BCUT2D eigenvalue weighted by molar-refractivity contribution is -0.137. The number of carbonyl (C=O) groups is 1. The van der Waals surface area contributed by atoms with Gasteiger partial charge in [0.15, 0.2) is 0 Å². The highest BCUT2D eigenvalue weighted by atomic mass is 79.9. The van der Waals surface area contributed by atoms with Crippen LogP contribution in [0, 0.1) is 0 Å². The van der Waals surface area contributed by atoms with Gasteiger partial charge in [0.2, 0.25) is 0 Å². The zero-order valence-electron chi connectivity index (χ0n) is 11.8. The Morgan fingerprint density at radius 3 is 2.86 bits per heavy atom. The topological polar surface area (TPSA) is 48.7 Å². The first kappa shape index (κ1) is 15.4. The minimum Gasteiger partial charge on any atom is -0.496 e. The van der Waals surface area contributed by atoms with E-state index in [2.05, 4.69) is 15.9 Å². The summed E-state index contributed by atoms with van der Waals surface area (Å²) in [6, 6.07) is 9.30. The normalized spacial score (nSPS) is 10.8. The molecule has 1 aromatic carbocycles. The zero-order valence-corrected chi connectivity index (χ0v) is 13.3. The van der Waals surface area contributed by atoms with Crippen LogP contribution in [0.5, 0.6) is 5.75 Å². The number of rotatable bonds is 5. The summed E-state index contributed by atoms with van der Waals surface area (Å²) in [6.07, 6.45) is 2.91. The minimum absolute atomic E-state index is 0.350. The molecule has 2 rings (SSSR count). The third kappa shape index (κ3) is 3.98. The van der Waals surface area contributed by atoms with E-state index < -0.39 is 5.97 Å². The molecule has 110 valence electrons. The van der Waals surface area contributed by atoms with E-state index in [-0.39, 0.29) is 0 Å². The largest absolute Gasteiger partial charge is 0.496 e. The van der Waals surface area contributed by atoms with E-state index in [1.165, 1.54) is 6.08 Å². The van der Waals surface area contributed by atoms with Crippen LogP contribution < -0.4 is 4.74 Å². The molecular formula is C16H15BrO4. The lowest BCUT2D eigenvalue weighted by Crippen LogP contribution is -1.98. The highest BCUT2D eigenvalue weighted by Crippen LogP contribution is 2.33. The van der Waals surface area contributed by atoms with Gasteiger partial charge >= 0.3 is 5.97 Å². The predicted octanol–water partition coefficient (Wildman–Crippen LogP) is 4.29. The molecule has 0 saturated carbocycles. The second-order valence-electron chi connectivity index (χ2n) is 4.13. The van der Waals surface area contributed by atoms with Crippen LogP contribution in [0.3, 0.4) is 0 Å². The molecule has 0 radical (unpaired) electrons. The summed E-state index contributed by atoms with van der Waals surface area (Å²) in [7, 11) is 1.61. The van der Waals surface area contributed by atoms with Gasteiger partial charge in [-0.1, -0.05) is 15.9 Å². The van der Waals surface area contributed by atoms with E-state index in [1.54, 1.807) is 26.2 Å². The van der Waals surface area contributed by atoms with Crippen molar-refractivity contribution >= 4 is 28.0 Å². The fourth-order valence-corrected chi connectivity index (χ4v) is 2.14. The third-order valence-electron chi connectivity index (χ3n) is 2.73. The average Bonchev–Trinajstić information content (AvgIpc) is 2.94. The number of esters is 1. The van der Waals surface area contributed by atoms with E-state index in [0.29, 0.717) is 23.9 Å². The number of ether oxygens (including phenoxy) is 2. The van der Waals surface area contributed by atoms with Gasteiger partial charge in [-0.2, -0.15) is 0 Å². The van der Waals surface area contributed by atoms with Crippen LogP contribution in [-0.2, 0) is 9.53 Å². The van der Waals surface area contributed by atoms with Crippen LogP contribution >= 0.6 is 15.9 Å². The van der Waals surface area contributed by atoms with E-state index >= 15 is 0 Å². The Bertz CT molecular complexity index is 658. The molecule has 0 fully saturated rings. The van der Waals surface area contributed by atoms with Gasteiger partial charge in [0, 0.05) is 10.5 Å². The molecule has 0 aliphatic heterocycles. The molecule has 0 spiro atoms. The van der Waals surface area contributed by atoms with Crippen molar-refractivity contribution in [2.24, 2.45) is 0 Å². The second-order valence-corrected chi connectivity index (χ2v) is 5.05. The van der Waals surface area contributed by atoms with Gasteiger partial charge in [-0.25, -0.2) is 4.79 Å². The number of hydrogen-bond acceptors (Lipinski definition) is 4. The molecule has 0 aliphatic carbocycles. The Morgan fingerprint density at radius 1 is 1.33 bits per heavy atom. The number of benzene rings is 1. The third-order valence-corrected chi connectivity index (χ3v) is 3.22. The highest BCUT2D eigenvalue weighted by molar-refractivity contribution is 9.10. The summed E-state index contributed by atoms with van der Waals surface area (Å²) in [4.78, 5) is 11.3. The minimum atomic E-state index is -0.392. The van der Waals surface area contributed by atoms with Crippen LogP contribution in [0.25, 0.3) is 17.4 Å². The lowest BCUT2D eigenvalue weighted by atomic mass is 10.1. The lowest BCUT2D eigenvalue weighted by Gasteiger charge is -2.06. The van der Waals surface area contributed by atoms with Gasteiger partial charge in [0.25, 0.3) is 0 Å². The fourth-order valence-electron chi connectivity index (χ4n) is 1.80. The van der Waals surface area contributed by atoms with Crippen LogP contribution in [0.2, 0.25) is 0 Å². The molecule has 1 heterocycles. The fraction of sp³-hybridized carbons (Fsp3) is 0.188. The first-order chi connectivity index (χ1) is 10.1. The van der Waals surface area contributed by atoms with Gasteiger partial charge in [-0.3, -0.25) is 0 Å².